The van der Waals surface area contributed by atoms with E-state index in [1.54, 1.807) is 18.3 Å². The predicted molar refractivity (Wildman–Crippen MR) is 75.4 cm³/mol. The lowest BCUT2D eigenvalue weighted by Crippen LogP contribution is -2.13. The van der Waals surface area contributed by atoms with Gasteiger partial charge in [0.1, 0.15) is 5.52 Å². The summed E-state index contributed by atoms with van der Waals surface area (Å²) < 4.78 is 5.39. The van der Waals surface area contributed by atoms with E-state index < -0.39 is 0 Å². The molecule has 0 unspecified atom stereocenters. The van der Waals surface area contributed by atoms with Crippen molar-refractivity contribution < 1.29 is 9.21 Å². The van der Waals surface area contributed by atoms with Gasteiger partial charge in [0.15, 0.2) is 11.5 Å². The molecule has 4 nitrogen and oxygen atoms in total. The minimum Gasteiger partial charge on any atom is -0.441 e. The Bertz CT molecular complexity index is 716. The van der Waals surface area contributed by atoms with Crippen molar-refractivity contribution in [3.05, 3.63) is 46.5 Å². The third-order valence-corrected chi connectivity index (χ3v) is 3.46. The van der Waals surface area contributed by atoms with Crippen LogP contribution >= 0.6 is 11.3 Å². The Kier molecular flexibility index (Phi) is 3.05. The summed E-state index contributed by atoms with van der Waals surface area (Å²) in [5.74, 6) is 0.592. The van der Waals surface area contributed by atoms with E-state index in [4.69, 9.17) is 4.42 Å². The molecule has 0 radical (unpaired) electrons. The van der Waals surface area contributed by atoms with Crippen LogP contribution in [0.2, 0.25) is 0 Å². The SMILES string of the molecule is Cc1nc2cc(NC(=O)Cc3ccsc3)ccc2o1. The largest absolute Gasteiger partial charge is 0.441 e. The second kappa shape index (κ2) is 4.85. The fraction of sp³-hybridized carbons (Fsp3) is 0.143. The smallest absolute Gasteiger partial charge is 0.228 e. The Morgan fingerprint density at radius 1 is 1.42 bits per heavy atom. The zero-order chi connectivity index (χ0) is 13.2. The van der Waals surface area contributed by atoms with Crippen LogP contribution in [0.5, 0.6) is 0 Å². The van der Waals surface area contributed by atoms with E-state index in [0.717, 1.165) is 22.4 Å². The molecule has 3 aromatic rings. The third-order valence-electron chi connectivity index (χ3n) is 2.72. The summed E-state index contributed by atoms with van der Waals surface area (Å²) in [7, 11) is 0. The number of nitrogens with one attached hydrogen (secondary N) is 1. The maximum atomic E-state index is 11.9. The molecule has 5 heteroatoms. The molecular formula is C14H12N2O2S. The zero-order valence-electron chi connectivity index (χ0n) is 10.3. The molecule has 3 rings (SSSR count). The van der Waals surface area contributed by atoms with Gasteiger partial charge in [-0.05, 0) is 40.6 Å². The van der Waals surface area contributed by atoms with E-state index in [0.29, 0.717) is 12.3 Å². The Balaban J connectivity index is 1.75. The van der Waals surface area contributed by atoms with Crippen LogP contribution in [0.15, 0.2) is 39.4 Å². The topological polar surface area (TPSA) is 55.1 Å². The number of carbonyl (C=O) groups is 1. The van der Waals surface area contributed by atoms with E-state index in [9.17, 15) is 4.79 Å². The molecule has 0 saturated carbocycles. The van der Waals surface area contributed by atoms with Crippen LogP contribution in [0.1, 0.15) is 11.5 Å². The van der Waals surface area contributed by atoms with Gasteiger partial charge >= 0.3 is 0 Å². The summed E-state index contributed by atoms with van der Waals surface area (Å²) >= 11 is 1.59. The minimum atomic E-state index is -0.0297. The summed E-state index contributed by atoms with van der Waals surface area (Å²) in [4.78, 5) is 16.1. The quantitative estimate of drug-likeness (QED) is 0.795. The first-order valence-electron chi connectivity index (χ1n) is 5.89. The molecule has 0 bridgehead atoms. The van der Waals surface area contributed by atoms with Crippen LogP contribution < -0.4 is 5.32 Å². The third kappa shape index (κ3) is 2.66. The lowest BCUT2D eigenvalue weighted by atomic mass is 10.2. The highest BCUT2D eigenvalue weighted by Crippen LogP contribution is 2.20. The number of nitrogens with zero attached hydrogens (tertiary/aromatic N) is 1. The Labute approximate surface area is 114 Å². The van der Waals surface area contributed by atoms with Crippen molar-refractivity contribution in [3.8, 4) is 0 Å². The molecule has 1 aromatic carbocycles. The average molecular weight is 272 g/mol. The average Bonchev–Trinajstić information content (AvgIpc) is 2.96. The number of rotatable bonds is 3. The van der Waals surface area contributed by atoms with Crippen LogP contribution in [0, 0.1) is 6.92 Å². The summed E-state index contributed by atoms with van der Waals surface area (Å²) in [5, 5.41) is 6.81. The van der Waals surface area contributed by atoms with Crippen molar-refractivity contribution in [2.24, 2.45) is 0 Å². The monoisotopic (exact) mass is 272 g/mol. The fourth-order valence-corrected chi connectivity index (χ4v) is 2.57. The molecule has 2 heterocycles. The van der Waals surface area contributed by atoms with Gasteiger partial charge in [-0.25, -0.2) is 4.98 Å². The van der Waals surface area contributed by atoms with Crippen molar-refractivity contribution in [2.75, 3.05) is 5.32 Å². The Hall–Kier alpha value is -2.14. The predicted octanol–water partition coefficient (Wildman–Crippen LogP) is 3.38. The number of thiophene rings is 1. The Morgan fingerprint density at radius 2 is 2.32 bits per heavy atom. The second-order valence-electron chi connectivity index (χ2n) is 4.27. The highest BCUT2D eigenvalue weighted by molar-refractivity contribution is 7.08. The molecule has 0 aliphatic carbocycles. The summed E-state index contributed by atoms with van der Waals surface area (Å²) in [6.07, 6.45) is 0.388. The van der Waals surface area contributed by atoms with Crippen LogP contribution in [0.25, 0.3) is 11.1 Å². The maximum Gasteiger partial charge on any atom is 0.228 e. The minimum absolute atomic E-state index is 0.0297. The van der Waals surface area contributed by atoms with E-state index in [-0.39, 0.29) is 5.91 Å². The van der Waals surface area contributed by atoms with E-state index in [2.05, 4.69) is 10.3 Å². The molecule has 1 amide bonds. The maximum absolute atomic E-state index is 11.9. The molecular weight excluding hydrogens is 260 g/mol. The molecule has 0 aliphatic rings. The van der Waals surface area contributed by atoms with Crippen molar-refractivity contribution in [2.45, 2.75) is 13.3 Å². The lowest BCUT2D eigenvalue weighted by Gasteiger charge is -2.03. The second-order valence-corrected chi connectivity index (χ2v) is 5.05. The molecule has 0 spiro atoms. The van der Waals surface area contributed by atoms with Gasteiger partial charge in [0.25, 0.3) is 0 Å². The molecule has 0 saturated heterocycles. The first-order valence-corrected chi connectivity index (χ1v) is 6.83. The number of hydrogen-bond donors (Lipinski definition) is 1. The van der Waals surface area contributed by atoms with E-state index in [1.165, 1.54) is 0 Å². The van der Waals surface area contributed by atoms with E-state index in [1.807, 2.05) is 35.0 Å². The first kappa shape index (κ1) is 11.9. The van der Waals surface area contributed by atoms with Crippen LogP contribution in [-0.4, -0.2) is 10.9 Å². The zero-order valence-corrected chi connectivity index (χ0v) is 11.2. The van der Waals surface area contributed by atoms with Gasteiger partial charge in [-0.1, -0.05) is 0 Å². The molecule has 19 heavy (non-hydrogen) atoms. The molecule has 96 valence electrons. The number of anilines is 1. The standard InChI is InChI=1S/C14H12N2O2S/c1-9-15-12-7-11(2-3-13(12)18-9)16-14(17)6-10-4-5-19-8-10/h2-5,7-8H,6H2,1H3,(H,16,17). The van der Waals surface area contributed by atoms with Crippen molar-refractivity contribution in [1.29, 1.82) is 0 Å². The highest BCUT2D eigenvalue weighted by Gasteiger charge is 2.07. The number of fused-ring (bicyclic) bond motifs is 1. The van der Waals surface area contributed by atoms with Crippen LogP contribution in [0.4, 0.5) is 5.69 Å². The van der Waals surface area contributed by atoms with Gasteiger partial charge in [0.2, 0.25) is 5.91 Å². The summed E-state index contributed by atoms with van der Waals surface area (Å²) in [6, 6.07) is 7.40. The highest BCUT2D eigenvalue weighted by atomic mass is 32.1. The first-order chi connectivity index (χ1) is 9.20. The fourth-order valence-electron chi connectivity index (χ4n) is 1.90. The number of amides is 1. The Morgan fingerprint density at radius 3 is 3.11 bits per heavy atom. The molecule has 0 aliphatic heterocycles. The lowest BCUT2D eigenvalue weighted by molar-refractivity contribution is -0.115. The molecule has 1 N–H and O–H groups in total. The number of oxazole rings is 1. The van der Waals surface area contributed by atoms with Gasteiger partial charge in [0.05, 0.1) is 6.42 Å². The van der Waals surface area contributed by atoms with E-state index >= 15 is 0 Å². The number of aryl methyl sites for hydroxylation is 1. The van der Waals surface area contributed by atoms with Gasteiger partial charge in [-0.3, -0.25) is 4.79 Å². The van der Waals surface area contributed by atoms with Gasteiger partial charge in [0, 0.05) is 12.6 Å². The molecule has 2 aromatic heterocycles. The number of benzene rings is 1. The van der Waals surface area contributed by atoms with Crippen LogP contribution in [0.3, 0.4) is 0 Å². The number of hydrogen-bond acceptors (Lipinski definition) is 4. The van der Waals surface area contributed by atoms with Crippen molar-refractivity contribution in [3.63, 3.8) is 0 Å². The summed E-state index contributed by atoms with van der Waals surface area (Å²) in [5.41, 5.74) is 3.25. The molecule has 0 atom stereocenters. The summed E-state index contributed by atoms with van der Waals surface area (Å²) in [6.45, 7) is 1.80. The van der Waals surface area contributed by atoms with Crippen molar-refractivity contribution in [1.82, 2.24) is 4.98 Å². The number of aromatic nitrogens is 1. The van der Waals surface area contributed by atoms with Gasteiger partial charge < -0.3 is 9.73 Å². The van der Waals surface area contributed by atoms with Crippen LogP contribution in [-0.2, 0) is 11.2 Å². The van der Waals surface area contributed by atoms with Crippen molar-refractivity contribution >= 4 is 34.0 Å². The van der Waals surface area contributed by atoms with Gasteiger partial charge in [-0.2, -0.15) is 11.3 Å². The molecule has 0 fully saturated rings. The number of carbonyl (C=O) groups excluding carboxylic acids is 1. The normalized spacial score (nSPS) is 10.8. The van der Waals surface area contributed by atoms with Gasteiger partial charge in [-0.15, -0.1) is 0 Å².